The van der Waals surface area contributed by atoms with Crippen LogP contribution in [0.25, 0.3) is 0 Å². The van der Waals surface area contributed by atoms with E-state index < -0.39 is 28.1 Å². The molecule has 0 aromatic rings. The van der Waals surface area contributed by atoms with E-state index >= 15 is 0 Å². The molecule has 0 amide bonds. The van der Waals surface area contributed by atoms with Crippen LogP contribution in [0, 0.1) is 0 Å². The molecule has 0 aromatic heterocycles. The molecule has 11 heavy (non-hydrogen) atoms. The molecule has 0 aromatic carbocycles. The molecule has 68 valence electrons. The van der Waals surface area contributed by atoms with Gasteiger partial charge in [0.1, 0.15) is 5.75 Å². The van der Waals surface area contributed by atoms with Gasteiger partial charge < -0.3 is 10.2 Å². The molecule has 0 radical (unpaired) electrons. The van der Waals surface area contributed by atoms with Crippen LogP contribution >= 0.6 is 0 Å². The Bertz CT molecular complexity index is 197. The zero-order valence-corrected chi connectivity index (χ0v) is 6.95. The van der Waals surface area contributed by atoms with Gasteiger partial charge in [-0.05, 0) is 6.42 Å². The molecule has 0 saturated carbocycles. The second-order valence-electron chi connectivity index (χ2n) is 2.29. The summed E-state index contributed by atoms with van der Waals surface area (Å²) in [6.45, 7) is 1.60. The van der Waals surface area contributed by atoms with Crippen molar-refractivity contribution < 1.29 is 23.2 Å². The van der Waals surface area contributed by atoms with Gasteiger partial charge in [0.2, 0.25) is 0 Å². The van der Waals surface area contributed by atoms with Crippen molar-refractivity contribution in [2.45, 2.75) is 25.6 Å². The van der Waals surface area contributed by atoms with E-state index in [1.54, 1.807) is 6.92 Å². The van der Waals surface area contributed by atoms with Crippen LogP contribution in [0.3, 0.4) is 0 Å². The first-order valence-electron chi connectivity index (χ1n) is 3.18. The predicted octanol–water partition coefficient (Wildman–Crippen LogP) is -0.994. The molecule has 0 spiro atoms. The normalized spacial score (nSPS) is 17.8. The van der Waals surface area contributed by atoms with E-state index in [0.29, 0.717) is 0 Å². The quantitative estimate of drug-likeness (QED) is 0.487. The molecule has 2 unspecified atom stereocenters. The Morgan fingerprint density at radius 2 is 1.73 bits per heavy atom. The molecule has 0 aliphatic carbocycles. The van der Waals surface area contributed by atoms with Gasteiger partial charge in [-0.3, -0.25) is 4.55 Å². The standard InChI is InChI=1S/C5H12O5S/c1-2-4(6)5(7)3-11(8,9)10/h4-7H,2-3H2,1H3,(H,8,9,10). The fourth-order valence-electron chi connectivity index (χ4n) is 0.599. The molecule has 0 heterocycles. The highest BCUT2D eigenvalue weighted by Gasteiger charge is 2.20. The minimum atomic E-state index is -4.19. The number of hydrogen-bond donors (Lipinski definition) is 3. The summed E-state index contributed by atoms with van der Waals surface area (Å²) < 4.78 is 28.5. The van der Waals surface area contributed by atoms with Gasteiger partial charge in [0.25, 0.3) is 10.1 Å². The molecule has 0 fully saturated rings. The molecule has 0 saturated heterocycles. The fourth-order valence-corrected chi connectivity index (χ4v) is 1.25. The lowest BCUT2D eigenvalue weighted by molar-refractivity contribution is 0.0305. The summed E-state index contributed by atoms with van der Waals surface area (Å²) in [5.41, 5.74) is 0. The molecular formula is C5H12O5S. The largest absolute Gasteiger partial charge is 0.390 e. The van der Waals surface area contributed by atoms with Crippen LogP contribution in [0.15, 0.2) is 0 Å². The SMILES string of the molecule is CCC(O)C(O)CS(=O)(=O)O. The summed E-state index contributed by atoms with van der Waals surface area (Å²) in [5, 5.41) is 17.7. The second kappa shape index (κ2) is 4.01. The van der Waals surface area contributed by atoms with Crippen LogP contribution in [0.4, 0.5) is 0 Å². The number of hydrogen-bond acceptors (Lipinski definition) is 4. The van der Waals surface area contributed by atoms with E-state index in [0.717, 1.165) is 0 Å². The number of aliphatic hydroxyl groups excluding tert-OH is 2. The van der Waals surface area contributed by atoms with Crippen LogP contribution in [0.5, 0.6) is 0 Å². The van der Waals surface area contributed by atoms with Gasteiger partial charge >= 0.3 is 0 Å². The Morgan fingerprint density at radius 1 is 1.27 bits per heavy atom. The van der Waals surface area contributed by atoms with Crippen molar-refractivity contribution in [3.05, 3.63) is 0 Å². The first-order chi connectivity index (χ1) is 4.87. The van der Waals surface area contributed by atoms with Gasteiger partial charge in [-0.15, -0.1) is 0 Å². The van der Waals surface area contributed by atoms with Gasteiger partial charge in [-0.25, -0.2) is 0 Å². The van der Waals surface area contributed by atoms with E-state index in [1.165, 1.54) is 0 Å². The zero-order valence-electron chi connectivity index (χ0n) is 6.14. The Morgan fingerprint density at radius 3 is 2.00 bits per heavy atom. The molecule has 0 bridgehead atoms. The van der Waals surface area contributed by atoms with Crippen LogP contribution < -0.4 is 0 Å². The van der Waals surface area contributed by atoms with E-state index in [2.05, 4.69) is 0 Å². The van der Waals surface area contributed by atoms with Crippen LogP contribution in [-0.4, -0.2) is 41.1 Å². The maximum absolute atomic E-state index is 10.1. The van der Waals surface area contributed by atoms with Gasteiger partial charge in [-0.1, -0.05) is 6.92 Å². The highest BCUT2D eigenvalue weighted by molar-refractivity contribution is 7.85. The number of aliphatic hydroxyl groups is 2. The Kier molecular flexibility index (Phi) is 3.95. The molecule has 2 atom stereocenters. The first kappa shape index (κ1) is 10.8. The van der Waals surface area contributed by atoms with Crippen molar-refractivity contribution in [2.75, 3.05) is 5.75 Å². The van der Waals surface area contributed by atoms with Crippen molar-refractivity contribution in [3.8, 4) is 0 Å². The summed E-state index contributed by atoms with van der Waals surface area (Å²) >= 11 is 0. The lowest BCUT2D eigenvalue weighted by Gasteiger charge is -2.13. The summed E-state index contributed by atoms with van der Waals surface area (Å²) in [6, 6.07) is 0. The maximum atomic E-state index is 10.1. The third-order valence-corrected chi connectivity index (χ3v) is 2.01. The molecule has 0 aliphatic rings. The third-order valence-electron chi connectivity index (χ3n) is 1.24. The van der Waals surface area contributed by atoms with E-state index in [1.807, 2.05) is 0 Å². The van der Waals surface area contributed by atoms with Crippen molar-refractivity contribution in [3.63, 3.8) is 0 Å². The highest BCUT2D eigenvalue weighted by atomic mass is 32.2. The molecule has 3 N–H and O–H groups in total. The van der Waals surface area contributed by atoms with E-state index in [4.69, 9.17) is 14.8 Å². The Balaban J connectivity index is 3.98. The van der Waals surface area contributed by atoms with Crippen LogP contribution in [-0.2, 0) is 10.1 Å². The average molecular weight is 184 g/mol. The molecular weight excluding hydrogens is 172 g/mol. The number of rotatable bonds is 4. The van der Waals surface area contributed by atoms with Gasteiger partial charge in [0.05, 0.1) is 12.2 Å². The van der Waals surface area contributed by atoms with Gasteiger partial charge in [-0.2, -0.15) is 8.42 Å². The Hall–Kier alpha value is -0.170. The van der Waals surface area contributed by atoms with E-state index in [-0.39, 0.29) is 6.42 Å². The average Bonchev–Trinajstić information content (AvgIpc) is 1.82. The van der Waals surface area contributed by atoms with Crippen molar-refractivity contribution in [2.24, 2.45) is 0 Å². The minimum absolute atomic E-state index is 0.247. The van der Waals surface area contributed by atoms with Gasteiger partial charge in [0.15, 0.2) is 0 Å². The molecule has 0 aliphatic heterocycles. The molecule has 0 rings (SSSR count). The topological polar surface area (TPSA) is 94.8 Å². The lowest BCUT2D eigenvalue weighted by Crippen LogP contribution is -2.32. The fraction of sp³-hybridized carbons (Fsp3) is 1.00. The smallest absolute Gasteiger partial charge is 0.267 e. The van der Waals surface area contributed by atoms with Crippen molar-refractivity contribution >= 4 is 10.1 Å². The second-order valence-corrected chi connectivity index (χ2v) is 3.79. The zero-order chi connectivity index (χ0) is 9.07. The first-order valence-corrected chi connectivity index (χ1v) is 4.79. The third kappa shape index (κ3) is 5.14. The summed E-state index contributed by atoms with van der Waals surface area (Å²) in [6.07, 6.45) is -2.26. The Labute approximate surface area is 65.4 Å². The molecule has 5 nitrogen and oxygen atoms in total. The maximum Gasteiger partial charge on any atom is 0.267 e. The van der Waals surface area contributed by atoms with Crippen molar-refractivity contribution in [1.82, 2.24) is 0 Å². The van der Waals surface area contributed by atoms with Gasteiger partial charge in [0, 0.05) is 0 Å². The lowest BCUT2D eigenvalue weighted by atomic mass is 10.2. The van der Waals surface area contributed by atoms with E-state index in [9.17, 15) is 8.42 Å². The highest BCUT2D eigenvalue weighted by Crippen LogP contribution is 2.00. The summed E-state index contributed by atoms with van der Waals surface area (Å²) in [4.78, 5) is 0. The monoisotopic (exact) mass is 184 g/mol. The summed E-state index contributed by atoms with van der Waals surface area (Å²) in [7, 11) is -4.19. The van der Waals surface area contributed by atoms with Crippen LogP contribution in [0.2, 0.25) is 0 Å². The van der Waals surface area contributed by atoms with Crippen molar-refractivity contribution in [1.29, 1.82) is 0 Å². The molecule has 6 heteroatoms. The summed E-state index contributed by atoms with van der Waals surface area (Å²) in [5.74, 6) is -0.817. The van der Waals surface area contributed by atoms with Crippen LogP contribution in [0.1, 0.15) is 13.3 Å². The predicted molar refractivity (Wildman–Crippen MR) is 38.7 cm³/mol. The minimum Gasteiger partial charge on any atom is -0.390 e.